The van der Waals surface area contributed by atoms with Crippen LogP contribution >= 0.6 is 12.4 Å². The van der Waals surface area contributed by atoms with Gasteiger partial charge in [0.15, 0.2) is 0 Å². The lowest BCUT2D eigenvalue weighted by Crippen LogP contribution is -2.58. The van der Waals surface area contributed by atoms with Crippen molar-refractivity contribution in [2.24, 2.45) is 11.5 Å². The van der Waals surface area contributed by atoms with Gasteiger partial charge >= 0.3 is 11.7 Å². The Bertz CT molecular complexity index is 1230. The van der Waals surface area contributed by atoms with E-state index in [-0.39, 0.29) is 30.2 Å². The topological polar surface area (TPSA) is 143 Å². The Morgan fingerprint density at radius 2 is 1.61 bits per heavy atom. The molecule has 2 aliphatic rings. The van der Waals surface area contributed by atoms with E-state index in [1.807, 2.05) is 12.1 Å². The van der Waals surface area contributed by atoms with Gasteiger partial charge in [0.05, 0.1) is 11.2 Å². The van der Waals surface area contributed by atoms with E-state index in [4.69, 9.17) is 11.5 Å². The predicted octanol–water partition coefficient (Wildman–Crippen LogP) is 2.55. The van der Waals surface area contributed by atoms with E-state index in [0.717, 1.165) is 32.2 Å². The van der Waals surface area contributed by atoms with Gasteiger partial charge in [0.2, 0.25) is 5.91 Å². The normalized spacial score (nSPS) is 19.7. The Morgan fingerprint density at radius 3 is 2.15 bits per heavy atom. The van der Waals surface area contributed by atoms with Crippen LogP contribution in [0.15, 0.2) is 41.3 Å². The molecule has 0 radical (unpaired) electrons. The van der Waals surface area contributed by atoms with Crippen molar-refractivity contribution in [1.29, 1.82) is 0 Å². The highest BCUT2D eigenvalue weighted by molar-refractivity contribution is 5.89. The molecule has 2 fully saturated rings. The molecular weight excluding hydrogens is 544 g/mol. The number of nitrogens with zero attached hydrogens (tertiary/aromatic N) is 5. The Balaban J connectivity index is 0.00000462. The summed E-state index contributed by atoms with van der Waals surface area (Å²) in [6.07, 6.45) is 6.02. The molecule has 3 amide bonds. The number of hydrogen-bond acceptors (Lipinski definition) is 7. The highest BCUT2D eigenvalue weighted by Gasteiger charge is 2.31. The van der Waals surface area contributed by atoms with Crippen LogP contribution in [0.25, 0.3) is 5.69 Å². The van der Waals surface area contributed by atoms with Gasteiger partial charge in [-0.25, -0.2) is 9.59 Å². The van der Waals surface area contributed by atoms with Crippen LogP contribution in [-0.2, 0) is 11.3 Å². The molecule has 0 atom stereocenters. The summed E-state index contributed by atoms with van der Waals surface area (Å²) in [5.74, 6) is 0.0433. The number of nitrogens with two attached hydrogens (primary N) is 2. The summed E-state index contributed by atoms with van der Waals surface area (Å²) in [5, 5.41) is 2.70. The summed E-state index contributed by atoms with van der Waals surface area (Å²) in [6.45, 7) is 10.2. The Kier molecular flexibility index (Phi) is 10.9. The van der Waals surface area contributed by atoms with Crippen molar-refractivity contribution in [1.82, 2.24) is 24.3 Å². The van der Waals surface area contributed by atoms with Crippen LogP contribution < -0.4 is 22.5 Å². The third-order valence-corrected chi connectivity index (χ3v) is 7.90. The van der Waals surface area contributed by atoms with Crippen molar-refractivity contribution in [2.75, 3.05) is 31.5 Å². The van der Waals surface area contributed by atoms with E-state index in [2.05, 4.69) is 41.2 Å². The summed E-state index contributed by atoms with van der Waals surface area (Å²) in [4.78, 5) is 47.8. The lowest BCUT2D eigenvalue weighted by Gasteiger charge is -2.38. The summed E-state index contributed by atoms with van der Waals surface area (Å²) < 4.78 is 1.46. The summed E-state index contributed by atoms with van der Waals surface area (Å²) >= 11 is 0. The maximum atomic E-state index is 12.8. The minimum Gasteiger partial charge on any atom is -0.338 e. The molecule has 11 nitrogen and oxygen atoms in total. The first-order valence-electron chi connectivity index (χ1n) is 14.3. The van der Waals surface area contributed by atoms with Gasteiger partial charge in [-0.3, -0.25) is 19.6 Å². The zero-order valence-corrected chi connectivity index (χ0v) is 25.4. The second-order valence-electron chi connectivity index (χ2n) is 11.9. The molecule has 0 bridgehead atoms. The van der Waals surface area contributed by atoms with Crippen LogP contribution in [-0.4, -0.2) is 86.0 Å². The quantitative estimate of drug-likeness (QED) is 0.451. The third kappa shape index (κ3) is 8.28. The van der Waals surface area contributed by atoms with Crippen molar-refractivity contribution >= 4 is 30.2 Å². The molecule has 4 rings (SSSR count). The van der Waals surface area contributed by atoms with Gasteiger partial charge in [0, 0.05) is 57.0 Å². The highest BCUT2D eigenvalue weighted by atomic mass is 35.5. The zero-order valence-electron chi connectivity index (χ0n) is 24.6. The number of hydrogen-bond donors (Lipinski definition) is 3. The zero-order chi connectivity index (χ0) is 29.0. The van der Waals surface area contributed by atoms with Crippen LogP contribution in [0.4, 0.5) is 10.6 Å². The lowest BCUT2D eigenvalue weighted by molar-refractivity contribution is -0.137. The number of benzene rings is 1. The molecule has 12 heteroatoms. The first-order chi connectivity index (χ1) is 18.9. The van der Waals surface area contributed by atoms with Gasteiger partial charge in [-0.2, -0.15) is 4.98 Å². The van der Waals surface area contributed by atoms with Crippen molar-refractivity contribution in [3.05, 3.63) is 52.6 Å². The second kappa shape index (κ2) is 13.8. The maximum absolute atomic E-state index is 12.8. The predicted molar refractivity (Wildman–Crippen MR) is 163 cm³/mol. The van der Waals surface area contributed by atoms with Crippen molar-refractivity contribution < 1.29 is 9.59 Å². The summed E-state index contributed by atoms with van der Waals surface area (Å²) in [5.41, 5.74) is 12.5. The van der Waals surface area contributed by atoms with Gasteiger partial charge in [-0.05, 0) is 77.1 Å². The Labute approximate surface area is 248 Å². The number of rotatable bonds is 7. The van der Waals surface area contributed by atoms with E-state index in [1.165, 1.54) is 10.1 Å². The second-order valence-corrected chi connectivity index (χ2v) is 11.9. The van der Waals surface area contributed by atoms with E-state index < -0.39 is 11.2 Å². The van der Waals surface area contributed by atoms with Gasteiger partial charge in [-0.15, -0.1) is 12.4 Å². The van der Waals surface area contributed by atoms with Crippen LogP contribution in [0.1, 0.15) is 58.9 Å². The third-order valence-electron chi connectivity index (χ3n) is 7.90. The fourth-order valence-electron chi connectivity index (χ4n) is 5.52. The molecule has 226 valence electrons. The monoisotopic (exact) mass is 588 g/mol. The Morgan fingerprint density at radius 1 is 1.02 bits per heavy atom. The molecular formula is C29H45ClN8O3. The fraction of sp³-hybridized carbons (Fsp3) is 0.586. The minimum absolute atomic E-state index is 0. The van der Waals surface area contributed by atoms with Crippen molar-refractivity contribution in [3.63, 3.8) is 0 Å². The lowest BCUT2D eigenvalue weighted by atomic mass is 9.90. The van der Waals surface area contributed by atoms with Crippen LogP contribution in [0, 0.1) is 0 Å². The average molecular weight is 589 g/mol. The maximum Gasteiger partial charge on any atom is 0.354 e. The molecule has 0 spiro atoms. The molecule has 0 unspecified atom stereocenters. The summed E-state index contributed by atoms with van der Waals surface area (Å²) in [6, 6.07) is 10.5. The van der Waals surface area contributed by atoms with Gasteiger partial charge in [-0.1, -0.05) is 12.1 Å². The van der Waals surface area contributed by atoms with Crippen LogP contribution in [0.2, 0.25) is 0 Å². The number of piperazine rings is 1. The number of nitrogens with one attached hydrogen (secondary N) is 1. The first-order valence-corrected chi connectivity index (χ1v) is 14.3. The first kappa shape index (κ1) is 32.5. The number of carbonyl (C=O) groups is 2. The standard InChI is InChI=1S/C29H44N8O3.ClH/c1-20(2)37(24-11-7-22(30)8-12-24)19-21-5-9-23(10-6-21)36-14-13-25(33-28(36)40)32-27(39)35-17-15-34(16-18-35)26(38)29(3,4)31;/h5-6,9-10,13-14,20,22,24H,7-8,11-12,15-19,30-31H2,1-4H3,(H,32,33,39,40);1H. The number of aromatic nitrogens is 2. The number of anilines is 1. The van der Waals surface area contributed by atoms with Crippen LogP contribution in [0.5, 0.6) is 0 Å². The van der Waals surface area contributed by atoms with E-state index >= 15 is 0 Å². The molecule has 41 heavy (non-hydrogen) atoms. The molecule has 1 saturated heterocycles. The largest absolute Gasteiger partial charge is 0.354 e. The van der Waals surface area contributed by atoms with Crippen molar-refractivity contribution in [3.8, 4) is 5.69 Å². The summed E-state index contributed by atoms with van der Waals surface area (Å²) in [7, 11) is 0. The minimum atomic E-state index is -0.947. The number of carbonyl (C=O) groups excluding carboxylic acids is 2. The number of amides is 3. The molecule has 1 aliphatic heterocycles. The van der Waals surface area contributed by atoms with Crippen LogP contribution in [0.3, 0.4) is 0 Å². The molecule has 2 heterocycles. The SMILES string of the molecule is CC(C)N(Cc1ccc(-n2ccc(NC(=O)N3CCN(C(=O)C(C)(C)N)CC3)nc2=O)cc1)C1CCC(N)CC1.Cl. The molecule has 1 aromatic heterocycles. The van der Waals surface area contributed by atoms with Crippen molar-refractivity contribution in [2.45, 2.75) is 83.6 Å². The van der Waals surface area contributed by atoms with Gasteiger partial charge in [0.25, 0.3) is 0 Å². The average Bonchev–Trinajstić information content (AvgIpc) is 2.92. The molecule has 1 saturated carbocycles. The Hall–Kier alpha value is -2.99. The van der Waals surface area contributed by atoms with Gasteiger partial charge in [0.1, 0.15) is 5.82 Å². The molecule has 1 aromatic carbocycles. The smallest absolute Gasteiger partial charge is 0.338 e. The van der Waals surface area contributed by atoms with Gasteiger partial charge < -0.3 is 21.3 Å². The van der Waals surface area contributed by atoms with E-state index in [1.54, 1.807) is 35.9 Å². The van der Waals surface area contributed by atoms with E-state index in [0.29, 0.717) is 50.0 Å². The number of halogens is 1. The highest BCUT2D eigenvalue weighted by Crippen LogP contribution is 2.25. The fourth-order valence-corrected chi connectivity index (χ4v) is 5.52. The molecule has 1 aliphatic carbocycles. The van der Waals surface area contributed by atoms with E-state index in [9.17, 15) is 14.4 Å². The number of urea groups is 1. The molecule has 5 N–H and O–H groups in total. The molecule has 2 aromatic rings.